The van der Waals surface area contributed by atoms with Gasteiger partial charge in [0.15, 0.2) is 0 Å². The van der Waals surface area contributed by atoms with Gasteiger partial charge in [-0.3, -0.25) is 5.10 Å². The first kappa shape index (κ1) is 12.9. The summed E-state index contributed by atoms with van der Waals surface area (Å²) in [6.07, 6.45) is 0. The molecule has 0 saturated carbocycles. The molecule has 0 bridgehead atoms. The van der Waals surface area contributed by atoms with Gasteiger partial charge in [-0.1, -0.05) is 11.6 Å². The Morgan fingerprint density at radius 3 is 2.83 bits per heavy atom. The van der Waals surface area contributed by atoms with E-state index >= 15 is 0 Å². The molecular weight excluding hydrogens is 250 g/mol. The summed E-state index contributed by atoms with van der Waals surface area (Å²) in [5, 5.41) is 11.0. The van der Waals surface area contributed by atoms with Crippen LogP contribution in [0.2, 0.25) is 5.02 Å². The van der Waals surface area contributed by atoms with E-state index in [9.17, 15) is 0 Å². The van der Waals surface area contributed by atoms with E-state index in [-0.39, 0.29) is 0 Å². The molecule has 0 fully saturated rings. The number of H-pyrrole nitrogens is 1. The summed E-state index contributed by atoms with van der Waals surface area (Å²) >= 11 is 6.15. The summed E-state index contributed by atoms with van der Waals surface area (Å²) in [5.41, 5.74) is 3.74. The molecule has 1 aromatic carbocycles. The van der Waals surface area contributed by atoms with Crippen LogP contribution in [0.4, 0.5) is 0 Å². The maximum atomic E-state index is 6.15. The molecule has 18 heavy (non-hydrogen) atoms. The Bertz CT molecular complexity index is 551. The normalized spacial score (nSPS) is 10.7. The summed E-state index contributed by atoms with van der Waals surface area (Å²) in [7, 11) is 3.54. The molecule has 2 rings (SSSR count). The summed E-state index contributed by atoms with van der Waals surface area (Å²) in [4.78, 5) is 0. The molecule has 0 spiro atoms. The van der Waals surface area contributed by atoms with Gasteiger partial charge in [-0.15, -0.1) is 0 Å². The topological polar surface area (TPSA) is 49.9 Å². The lowest BCUT2D eigenvalue weighted by molar-refractivity contribution is 0.416. The molecule has 0 radical (unpaired) electrons. The van der Waals surface area contributed by atoms with Gasteiger partial charge < -0.3 is 10.1 Å². The van der Waals surface area contributed by atoms with E-state index in [2.05, 4.69) is 15.5 Å². The predicted octanol–water partition coefficient (Wildman–Crippen LogP) is 2.77. The van der Waals surface area contributed by atoms with Crippen molar-refractivity contribution in [1.29, 1.82) is 0 Å². The number of aryl methyl sites for hydroxylation is 1. The van der Waals surface area contributed by atoms with Gasteiger partial charge in [-0.25, -0.2) is 0 Å². The summed E-state index contributed by atoms with van der Waals surface area (Å²) < 4.78 is 5.38. The molecule has 0 amide bonds. The molecule has 0 atom stereocenters. The number of benzene rings is 1. The molecule has 4 nitrogen and oxygen atoms in total. The molecule has 0 unspecified atom stereocenters. The number of rotatable bonds is 4. The van der Waals surface area contributed by atoms with Crippen molar-refractivity contribution in [3.05, 3.63) is 34.5 Å². The van der Waals surface area contributed by atoms with E-state index in [1.807, 2.05) is 32.2 Å². The van der Waals surface area contributed by atoms with Gasteiger partial charge in [-0.2, -0.15) is 5.10 Å². The first-order valence-electron chi connectivity index (χ1n) is 5.69. The number of aromatic amines is 1. The molecule has 1 aromatic heterocycles. The molecule has 0 aliphatic rings. The summed E-state index contributed by atoms with van der Waals surface area (Å²) in [6.45, 7) is 2.69. The van der Waals surface area contributed by atoms with Crippen LogP contribution in [-0.2, 0) is 6.54 Å². The Hall–Kier alpha value is -1.52. The largest absolute Gasteiger partial charge is 0.496 e. The van der Waals surface area contributed by atoms with Crippen molar-refractivity contribution in [2.75, 3.05) is 14.2 Å². The Morgan fingerprint density at radius 1 is 1.39 bits per heavy atom. The van der Waals surface area contributed by atoms with E-state index in [4.69, 9.17) is 16.3 Å². The Morgan fingerprint density at radius 2 is 2.17 bits per heavy atom. The second-order valence-corrected chi connectivity index (χ2v) is 4.52. The second kappa shape index (κ2) is 5.42. The first-order chi connectivity index (χ1) is 8.65. The van der Waals surface area contributed by atoms with Crippen LogP contribution in [0.1, 0.15) is 11.3 Å². The van der Waals surface area contributed by atoms with Gasteiger partial charge in [-0.05, 0) is 37.7 Å². The van der Waals surface area contributed by atoms with Crippen molar-refractivity contribution >= 4 is 11.6 Å². The minimum absolute atomic E-state index is 0.712. The maximum Gasteiger partial charge on any atom is 0.128 e. The fourth-order valence-electron chi connectivity index (χ4n) is 1.80. The van der Waals surface area contributed by atoms with Crippen molar-refractivity contribution in [2.45, 2.75) is 13.5 Å². The third-order valence-corrected chi connectivity index (χ3v) is 3.16. The summed E-state index contributed by atoms with van der Waals surface area (Å²) in [5.74, 6) is 0.777. The van der Waals surface area contributed by atoms with Crippen molar-refractivity contribution in [1.82, 2.24) is 15.5 Å². The summed E-state index contributed by atoms with van der Waals surface area (Å²) in [6, 6.07) is 5.79. The van der Waals surface area contributed by atoms with Crippen molar-refractivity contribution in [3.63, 3.8) is 0 Å². The average molecular weight is 266 g/mol. The highest BCUT2D eigenvalue weighted by atomic mass is 35.5. The van der Waals surface area contributed by atoms with Crippen LogP contribution >= 0.6 is 11.6 Å². The lowest BCUT2D eigenvalue weighted by Crippen LogP contribution is -2.04. The van der Waals surface area contributed by atoms with Crippen LogP contribution in [0.5, 0.6) is 5.75 Å². The monoisotopic (exact) mass is 265 g/mol. The molecule has 1 heterocycles. The van der Waals surface area contributed by atoms with Crippen LogP contribution in [0.3, 0.4) is 0 Å². The van der Waals surface area contributed by atoms with Gasteiger partial charge in [0, 0.05) is 22.8 Å². The van der Waals surface area contributed by atoms with Gasteiger partial charge in [0.2, 0.25) is 0 Å². The van der Waals surface area contributed by atoms with Crippen LogP contribution in [0, 0.1) is 6.92 Å². The number of hydrogen-bond donors (Lipinski definition) is 2. The van der Waals surface area contributed by atoms with Crippen molar-refractivity contribution < 1.29 is 4.74 Å². The van der Waals surface area contributed by atoms with Crippen LogP contribution in [-0.4, -0.2) is 24.4 Å². The third kappa shape index (κ3) is 2.49. The molecule has 2 aromatic rings. The van der Waals surface area contributed by atoms with Crippen molar-refractivity contribution in [2.24, 2.45) is 0 Å². The number of nitrogens with zero attached hydrogens (tertiary/aromatic N) is 1. The lowest BCUT2D eigenvalue weighted by Gasteiger charge is -2.08. The SMILES string of the molecule is CNCc1cc(-c2cc(Cl)c(C)cc2OC)n[nH]1. The smallest absolute Gasteiger partial charge is 0.128 e. The number of hydrogen-bond acceptors (Lipinski definition) is 3. The highest BCUT2D eigenvalue weighted by Gasteiger charge is 2.12. The van der Waals surface area contributed by atoms with E-state index < -0.39 is 0 Å². The zero-order chi connectivity index (χ0) is 13.1. The van der Waals surface area contributed by atoms with Crippen molar-refractivity contribution in [3.8, 4) is 17.0 Å². The highest BCUT2D eigenvalue weighted by molar-refractivity contribution is 6.31. The van der Waals surface area contributed by atoms with E-state index in [1.54, 1.807) is 7.11 Å². The Labute approximate surface area is 111 Å². The molecular formula is C13H16ClN3O. The van der Waals surface area contributed by atoms with Crippen LogP contribution in [0.25, 0.3) is 11.3 Å². The fraction of sp³-hybridized carbons (Fsp3) is 0.308. The molecule has 2 N–H and O–H groups in total. The Balaban J connectivity index is 2.45. The number of ether oxygens (including phenoxy) is 1. The van der Waals surface area contributed by atoms with Gasteiger partial charge >= 0.3 is 0 Å². The third-order valence-electron chi connectivity index (χ3n) is 2.75. The molecule has 5 heteroatoms. The predicted molar refractivity (Wildman–Crippen MR) is 73.1 cm³/mol. The molecule has 0 aliphatic carbocycles. The Kier molecular flexibility index (Phi) is 3.89. The fourth-order valence-corrected chi connectivity index (χ4v) is 1.97. The quantitative estimate of drug-likeness (QED) is 0.894. The number of nitrogens with one attached hydrogen (secondary N) is 2. The van der Waals surface area contributed by atoms with Gasteiger partial charge in [0.25, 0.3) is 0 Å². The number of methoxy groups -OCH3 is 1. The lowest BCUT2D eigenvalue weighted by atomic mass is 10.1. The molecule has 96 valence electrons. The molecule has 0 aliphatic heterocycles. The van der Waals surface area contributed by atoms with Gasteiger partial charge in [0.05, 0.1) is 12.8 Å². The minimum Gasteiger partial charge on any atom is -0.496 e. The average Bonchev–Trinajstić information content (AvgIpc) is 2.81. The van der Waals surface area contributed by atoms with Gasteiger partial charge in [0.1, 0.15) is 5.75 Å². The number of aromatic nitrogens is 2. The first-order valence-corrected chi connectivity index (χ1v) is 6.07. The van der Waals surface area contributed by atoms with E-state index in [1.165, 1.54) is 0 Å². The van der Waals surface area contributed by atoms with Crippen LogP contribution < -0.4 is 10.1 Å². The highest BCUT2D eigenvalue weighted by Crippen LogP contribution is 2.33. The zero-order valence-electron chi connectivity index (χ0n) is 10.7. The maximum absolute atomic E-state index is 6.15. The van der Waals surface area contributed by atoms with Crippen LogP contribution in [0.15, 0.2) is 18.2 Å². The van der Waals surface area contributed by atoms with E-state index in [0.717, 1.165) is 34.8 Å². The molecule has 0 saturated heterocycles. The minimum atomic E-state index is 0.712. The zero-order valence-corrected chi connectivity index (χ0v) is 11.4. The number of halogens is 1. The van der Waals surface area contributed by atoms with E-state index in [0.29, 0.717) is 5.02 Å². The standard InChI is InChI=1S/C13H16ClN3O/c1-8-4-13(18-3)10(6-11(8)14)12-5-9(7-15-2)16-17-12/h4-6,15H,7H2,1-3H3,(H,16,17). The second-order valence-electron chi connectivity index (χ2n) is 4.11.